The molecule has 0 aliphatic carbocycles. The number of hydrogen-bond donors (Lipinski definition) is 2. The van der Waals surface area contributed by atoms with Crippen LogP contribution in [0.15, 0.2) is 65.4 Å². The molecular formula is C24H15ClF3N5O4S. The van der Waals surface area contributed by atoms with Crippen molar-refractivity contribution in [1.29, 1.82) is 0 Å². The third kappa shape index (κ3) is 4.93. The summed E-state index contributed by atoms with van der Waals surface area (Å²) in [6, 6.07) is 11.7. The van der Waals surface area contributed by atoms with Gasteiger partial charge in [-0.25, -0.2) is 9.67 Å². The SMILES string of the molecule is NC(=O)c1sc2nc(C(F)(F)F)cc(-c3ccco3)c2c1NC(=O)c1ccnn1COc1ccc(Cl)cc1. The number of pyridine rings is 1. The third-order valence-electron chi connectivity index (χ3n) is 5.32. The van der Waals surface area contributed by atoms with E-state index in [0.29, 0.717) is 22.1 Å². The Morgan fingerprint density at radius 2 is 1.95 bits per heavy atom. The molecule has 0 saturated heterocycles. The third-order valence-corrected chi connectivity index (χ3v) is 6.67. The second kappa shape index (κ2) is 9.84. The first-order valence-electron chi connectivity index (χ1n) is 10.7. The summed E-state index contributed by atoms with van der Waals surface area (Å²) in [5.41, 5.74) is 4.26. The molecule has 3 N–H and O–H groups in total. The van der Waals surface area contributed by atoms with E-state index in [4.69, 9.17) is 26.5 Å². The zero-order valence-corrected chi connectivity index (χ0v) is 20.5. The van der Waals surface area contributed by atoms with Gasteiger partial charge < -0.3 is 20.2 Å². The highest BCUT2D eigenvalue weighted by Gasteiger charge is 2.35. The maximum Gasteiger partial charge on any atom is 0.433 e. The van der Waals surface area contributed by atoms with Gasteiger partial charge in [0.15, 0.2) is 6.73 Å². The van der Waals surface area contributed by atoms with Crippen molar-refractivity contribution >= 4 is 50.7 Å². The highest BCUT2D eigenvalue weighted by atomic mass is 35.5. The lowest BCUT2D eigenvalue weighted by Crippen LogP contribution is -2.21. The van der Waals surface area contributed by atoms with E-state index in [0.717, 1.165) is 6.07 Å². The van der Waals surface area contributed by atoms with Gasteiger partial charge in [-0.05, 0) is 48.5 Å². The zero-order valence-electron chi connectivity index (χ0n) is 19.0. The van der Waals surface area contributed by atoms with Gasteiger partial charge in [-0.3, -0.25) is 9.59 Å². The summed E-state index contributed by atoms with van der Waals surface area (Å²) >= 11 is 6.50. The van der Waals surface area contributed by atoms with Crippen molar-refractivity contribution in [3.63, 3.8) is 0 Å². The number of carbonyl (C=O) groups is 2. The summed E-state index contributed by atoms with van der Waals surface area (Å²) in [6.45, 7) is -0.140. The molecule has 0 aliphatic rings. The summed E-state index contributed by atoms with van der Waals surface area (Å²) in [6.07, 6.45) is -2.12. The highest BCUT2D eigenvalue weighted by Crippen LogP contribution is 2.43. The molecule has 0 saturated carbocycles. The van der Waals surface area contributed by atoms with E-state index >= 15 is 0 Å². The number of thiophene rings is 1. The number of rotatable bonds is 7. The molecule has 14 heteroatoms. The minimum Gasteiger partial charge on any atom is -0.471 e. The Morgan fingerprint density at radius 1 is 1.18 bits per heavy atom. The van der Waals surface area contributed by atoms with Crippen LogP contribution in [0.2, 0.25) is 5.02 Å². The van der Waals surface area contributed by atoms with Crippen LogP contribution in [-0.4, -0.2) is 26.6 Å². The first kappa shape index (κ1) is 25.3. The molecule has 0 radical (unpaired) electrons. The molecular weight excluding hydrogens is 547 g/mol. The number of aromatic nitrogens is 3. The average molecular weight is 562 g/mol. The second-order valence-corrected chi connectivity index (χ2v) is 9.21. The number of primary amides is 1. The Labute approximate surface area is 220 Å². The standard InChI is InChI=1S/C24H15ClF3N5O4S/c25-12-3-5-13(6-4-12)37-11-33-15(7-8-30-33)22(35)32-19-18-14(16-2-1-9-36-16)10-17(24(26,27)28)31-23(18)38-20(19)21(29)34/h1-10H,11H2,(H2,29,34)(H,32,35). The number of fused-ring (bicyclic) bond motifs is 1. The lowest BCUT2D eigenvalue weighted by Gasteiger charge is -2.12. The Morgan fingerprint density at radius 3 is 2.61 bits per heavy atom. The number of benzene rings is 1. The highest BCUT2D eigenvalue weighted by molar-refractivity contribution is 7.21. The van der Waals surface area contributed by atoms with Gasteiger partial charge in [0.25, 0.3) is 11.8 Å². The van der Waals surface area contributed by atoms with Crippen LogP contribution in [0, 0.1) is 0 Å². The quantitative estimate of drug-likeness (QED) is 0.258. The minimum atomic E-state index is -4.77. The number of halogens is 4. The van der Waals surface area contributed by atoms with Gasteiger partial charge in [-0.15, -0.1) is 11.3 Å². The predicted octanol–water partition coefficient (Wildman–Crippen LogP) is 5.81. The van der Waals surface area contributed by atoms with Gasteiger partial charge in [-0.1, -0.05) is 11.6 Å². The smallest absolute Gasteiger partial charge is 0.433 e. The first-order chi connectivity index (χ1) is 18.1. The number of ether oxygens (including phenoxy) is 1. The normalized spacial score (nSPS) is 11.6. The van der Waals surface area contributed by atoms with Crippen molar-refractivity contribution in [2.45, 2.75) is 12.9 Å². The van der Waals surface area contributed by atoms with Crippen molar-refractivity contribution in [2.75, 3.05) is 5.32 Å². The number of nitrogens with two attached hydrogens (primary N) is 1. The Kier molecular flexibility index (Phi) is 6.55. The Bertz CT molecular complexity index is 1650. The maximum absolute atomic E-state index is 13.6. The van der Waals surface area contributed by atoms with Crippen LogP contribution in [0.25, 0.3) is 21.5 Å². The van der Waals surface area contributed by atoms with Crippen LogP contribution in [0.5, 0.6) is 5.75 Å². The molecule has 0 fully saturated rings. The van der Waals surface area contributed by atoms with Crippen LogP contribution < -0.4 is 15.8 Å². The van der Waals surface area contributed by atoms with Gasteiger partial charge in [0, 0.05) is 22.2 Å². The van der Waals surface area contributed by atoms with Crippen molar-refractivity contribution < 1.29 is 31.9 Å². The number of furan rings is 1. The predicted molar refractivity (Wildman–Crippen MR) is 133 cm³/mol. The van der Waals surface area contributed by atoms with Crippen molar-refractivity contribution in [3.8, 4) is 17.1 Å². The van der Waals surface area contributed by atoms with Gasteiger partial charge in [0.2, 0.25) is 0 Å². The van der Waals surface area contributed by atoms with Crippen LogP contribution in [0.3, 0.4) is 0 Å². The van der Waals surface area contributed by atoms with Crippen molar-refractivity contribution in [2.24, 2.45) is 5.73 Å². The molecule has 194 valence electrons. The Balaban J connectivity index is 1.54. The van der Waals surface area contributed by atoms with E-state index in [1.165, 1.54) is 35.3 Å². The number of nitrogens with one attached hydrogen (secondary N) is 1. The van der Waals surface area contributed by atoms with E-state index in [2.05, 4.69) is 15.4 Å². The monoisotopic (exact) mass is 561 g/mol. The molecule has 5 aromatic rings. The number of nitrogens with zero attached hydrogens (tertiary/aromatic N) is 3. The summed E-state index contributed by atoms with van der Waals surface area (Å²) < 4.78 is 53.0. The van der Waals surface area contributed by atoms with E-state index < -0.39 is 23.7 Å². The zero-order chi connectivity index (χ0) is 27.0. The number of alkyl halides is 3. The van der Waals surface area contributed by atoms with Crippen LogP contribution in [0.4, 0.5) is 18.9 Å². The molecule has 0 unspecified atom stereocenters. The van der Waals surface area contributed by atoms with Crippen LogP contribution in [0.1, 0.15) is 25.9 Å². The molecule has 4 heterocycles. The van der Waals surface area contributed by atoms with Gasteiger partial charge in [-0.2, -0.15) is 18.3 Å². The summed E-state index contributed by atoms with van der Waals surface area (Å²) in [5.74, 6) is -1.11. The summed E-state index contributed by atoms with van der Waals surface area (Å²) in [4.78, 5) is 28.9. The van der Waals surface area contributed by atoms with Crippen LogP contribution >= 0.6 is 22.9 Å². The molecule has 1 aromatic carbocycles. The molecule has 0 atom stereocenters. The van der Waals surface area contributed by atoms with Gasteiger partial charge >= 0.3 is 6.18 Å². The number of anilines is 1. The van der Waals surface area contributed by atoms with E-state index in [1.807, 2.05) is 0 Å². The molecule has 9 nitrogen and oxygen atoms in total. The fourth-order valence-corrected chi connectivity index (χ4v) is 4.77. The summed E-state index contributed by atoms with van der Waals surface area (Å²) in [5, 5.41) is 7.27. The molecule has 0 aliphatic heterocycles. The fraction of sp³-hybridized carbons (Fsp3) is 0.0833. The maximum atomic E-state index is 13.6. The molecule has 0 spiro atoms. The average Bonchev–Trinajstić information content (AvgIpc) is 3.63. The number of carbonyl (C=O) groups excluding carboxylic acids is 2. The largest absolute Gasteiger partial charge is 0.471 e. The van der Waals surface area contributed by atoms with Gasteiger partial charge in [0.05, 0.1) is 12.0 Å². The molecule has 5 rings (SSSR count). The summed E-state index contributed by atoms with van der Waals surface area (Å²) in [7, 11) is 0. The fourth-order valence-electron chi connectivity index (χ4n) is 3.63. The molecule has 2 amide bonds. The topological polar surface area (TPSA) is 125 Å². The second-order valence-electron chi connectivity index (χ2n) is 7.78. The van der Waals surface area contributed by atoms with Crippen LogP contribution in [-0.2, 0) is 12.9 Å². The van der Waals surface area contributed by atoms with Crippen molar-refractivity contribution in [3.05, 3.63) is 82.3 Å². The van der Waals surface area contributed by atoms with Crippen molar-refractivity contribution in [1.82, 2.24) is 14.8 Å². The first-order valence-corrected chi connectivity index (χ1v) is 11.9. The molecule has 38 heavy (non-hydrogen) atoms. The Hall–Kier alpha value is -4.36. The van der Waals surface area contributed by atoms with E-state index in [9.17, 15) is 22.8 Å². The van der Waals surface area contributed by atoms with E-state index in [1.54, 1.807) is 24.3 Å². The minimum absolute atomic E-state index is 0.0223. The number of hydrogen-bond acceptors (Lipinski definition) is 7. The van der Waals surface area contributed by atoms with Gasteiger partial charge in [0.1, 0.15) is 32.6 Å². The molecule has 0 bridgehead atoms. The lowest BCUT2D eigenvalue weighted by molar-refractivity contribution is -0.140. The lowest BCUT2D eigenvalue weighted by atomic mass is 10.1. The van der Waals surface area contributed by atoms with E-state index in [-0.39, 0.29) is 44.5 Å². The number of amides is 2. The molecule has 4 aromatic heterocycles.